The fourth-order valence-corrected chi connectivity index (χ4v) is 4.60. The molecule has 4 aromatic rings. The van der Waals surface area contributed by atoms with Crippen molar-refractivity contribution >= 4 is 38.9 Å². The standard InChI is InChI=1S/C25H20ClN3O4S/c26-22-8-1-2-9-23(22)28-34(32,33)21-7-5-6-19(16-21)25(31)27-20-13-11-18(12-14-20)17-29-15-4-3-10-24(29)30/h1-16,28H,17H2,(H,27,31). The van der Waals surface area contributed by atoms with Gasteiger partial charge in [0.25, 0.3) is 21.5 Å². The van der Waals surface area contributed by atoms with Crippen LogP contribution in [-0.4, -0.2) is 18.9 Å². The minimum absolute atomic E-state index is 0.0660. The van der Waals surface area contributed by atoms with E-state index in [1.165, 1.54) is 30.3 Å². The number of halogens is 1. The molecule has 4 rings (SSSR count). The van der Waals surface area contributed by atoms with Crippen molar-refractivity contribution in [1.29, 1.82) is 0 Å². The third-order valence-corrected chi connectivity index (χ3v) is 6.68. The molecule has 34 heavy (non-hydrogen) atoms. The number of rotatable bonds is 7. The van der Waals surface area contributed by atoms with Crippen molar-refractivity contribution in [3.05, 3.63) is 124 Å². The zero-order valence-corrected chi connectivity index (χ0v) is 19.4. The van der Waals surface area contributed by atoms with Gasteiger partial charge in [-0.15, -0.1) is 0 Å². The van der Waals surface area contributed by atoms with Crippen LogP contribution in [0.4, 0.5) is 11.4 Å². The zero-order valence-electron chi connectivity index (χ0n) is 17.8. The first-order chi connectivity index (χ1) is 16.3. The number of carbonyl (C=O) groups is 1. The Kier molecular flexibility index (Phi) is 6.81. The summed E-state index contributed by atoms with van der Waals surface area (Å²) in [6.45, 7) is 0.409. The molecule has 0 fully saturated rings. The largest absolute Gasteiger partial charge is 0.322 e. The average Bonchev–Trinajstić information content (AvgIpc) is 2.83. The van der Waals surface area contributed by atoms with Gasteiger partial charge >= 0.3 is 0 Å². The van der Waals surface area contributed by atoms with Gasteiger partial charge in [0.1, 0.15) is 0 Å². The third-order valence-electron chi connectivity index (χ3n) is 4.99. The highest BCUT2D eigenvalue weighted by atomic mass is 35.5. The van der Waals surface area contributed by atoms with Crippen LogP contribution < -0.4 is 15.6 Å². The Morgan fingerprint density at radius 1 is 0.882 bits per heavy atom. The van der Waals surface area contributed by atoms with Crippen molar-refractivity contribution in [2.24, 2.45) is 0 Å². The SMILES string of the molecule is O=C(Nc1ccc(Cn2ccccc2=O)cc1)c1cccc(S(=O)(=O)Nc2ccccc2Cl)c1. The van der Waals surface area contributed by atoms with E-state index in [0.717, 1.165) is 5.56 Å². The number of hydrogen-bond acceptors (Lipinski definition) is 4. The summed E-state index contributed by atoms with van der Waals surface area (Å²) in [5, 5.41) is 3.02. The van der Waals surface area contributed by atoms with Gasteiger partial charge in [-0.25, -0.2) is 8.42 Å². The van der Waals surface area contributed by atoms with Crippen LogP contribution >= 0.6 is 11.6 Å². The first-order valence-corrected chi connectivity index (χ1v) is 12.1. The Balaban J connectivity index is 1.46. The van der Waals surface area contributed by atoms with E-state index in [9.17, 15) is 18.0 Å². The molecule has 9 heteroatoms. The number of para-hydroxylation sites is 1. The Hall–Kier alpha value is -3.88. The van der Waals surface area contributed by atoms with E-state index in [2.05, 4.69) is 10.0 Å². The van der Waals surface area contributed by atoms with Crippen molar-refractivity contribution in [2.45, 2.75) is 11.4 Å². The summed E-state index contributed by atoms with van der Waals surface area (Å²) in [6.07, 6.45) is 1.71. The molecule has 0 atom stereocenters. The Labute approximate surface area is 201 Å². The Bertz CT molecular complexity index is 1500. The lowest BCUT2D eigenvalue weighted by Gasteiger charge is -2.11. The molecule has 3 aromatic carbocycles. The maximum Gasteiger partial charge on any atom is 0.261 e. The lowest BCUT2D eigenvalue weighted by atomic mass is 10.1. The fraction of sp³-hybridized carbons (Fsp3) is 0.0400. The van der Waals surface area contributed by atoms with Crippen molar-refractivity contribution in [2.75, 3.05) is 10.0 Å². The second-order valence-electron chi connectivity index (χ2n) is 7.43. The van der Waals surface area contributed by atoms with Crippen LogP contribution in [0.5, 0.6) is 0 Å². The summed E-state index contributed by atoms with van der Waals surface area (Å²) >= 11 is 6.05. The molecule has 2 N–H and O–H groups in total. The second-order valence-corrected chi connectivity index (χ2v) is 9.52. The van der Waals surface area contributed by atoms with Crippen molar-refractivity contribution in [3.63, 3.8) is 0 Å². The van der Waals surface area contributed by atoms with Crippen LogP contribution in [0.2, 0.25) is 5.02 Å². The number of carbonyl (C=O) groups excluding carboxylic acids is 1. The first-order valence-electron chi connectivity index (χ1n) is 10.2. The third kappa shape index (κ3) is 5.54. The number of benzene rings is 3. The van der Waals surface area contributed by atoms with E-state index < -0.39 is 15.9 Å². The highest BCUT2D eigenvalue weighted by Gasteiger charge is 2.18. The van der Waals surface area contributed by atoms with E-state index in [1.54, 1.807) is 59.3 Å². The topological polar surface area (TPSA) is 97.3 Å². The lowest BCUT2D eigenvalue weighted by Crippen LogP contribution is -2.18. The summed E-state index contributed by atoms with van der Waals surface area (Å²) in [6, 6.07) is 24.2. The highest BCUT2D eigenvalue weighted by Crippen LogP contribution is 2.24. The molecule has 0 saturated carbocycles. The van der Waals surface area contributed by atoms with Crippen molar-refractivity contribution in [1.82, 2.24) is 4.57 Å². The fourth-order valence-electron chi connectivity index (χ4n) is 3.24. The monoisotopic (exact) mass is 493 g/mol. The highest BCUT2D eigenvalue weighted by molar-refractivity contribution is 7.92. The maximum atomic E-state index is 12.8. The number of pyridine rings is 1. The van der Waals surface area contributed by atoms with E-state index in [1.807, 2.05) is 12.1 Å². The lowest BCUT2D eigenvalue weighted by molar-refractivity contribution is 0.102. The molecule has 0 bridgehead atoms. The number of hydrogen-bond donors (Lipinski definition) is 2. The molecule has 0 saturated heterocycles. The smallest absolute Gasteiger partial charge is 0.261 e. The van der Waals surface area contributed by atoms with Crippen molar-refractivity contribution in [3.8, 4) is 0 Å². The van der Waals surface area contributed by atoms with E-state index in [-0.39, 0.29) is 26.7 Å². The molecule has 1 aromatic heterocycles. The molecular weight excluding hydrogens is 474 g/mol. The number of anilines is 2. The molecule has 1 amide bonds. The Morgan fingerprint density at radius 2 is 1.62 bits per heavy atom. The summed E-state index contributed by atoms with van der Waals surface area (Å²) in [5.41, 5.74) is 1.76. The van der Waals surface area contributed by atoms with Crippen LogP contribution in [0, 0.1) is 0 Å². The normalized spacial score (nSPS) is 11.1. The number of nitrogens with zero attached hydrogens (tertiary/aromatic N) is 1. The Morgan fingerprint density at radius 3 is 2.35 bits per heavy atom. The summed E-state index contributed by atoms with van der Waals surface area (Å²) in [5.74, 6) is -0.457. The molecule has 0 aliphatic heterocycles. The van der Waals surface area contributed by atoms with Crippen LogP contribution in [0.1, 0.15) is 15.9 Å². The molecule has 172 valence electrons. The van der Waals surface area contributed by atoms with Crippen LogP contribution in [0.15, 0.2) is 107 Å². The quantitative estimate of drug-likeness (QED) is 0.393. The molecule has 0 aliphatic rings. The van der Waals surface area contributed by atoms with E-state index >= 15 is 0 Å². The van der Waals surface area contributed by atoms with Crippen LogP contribution in [0.3, 0.4) is 0 Å². The predicted octanol–water partition coefficient (Wildman–Crippen LogP) is 4.60. The number of sulfonamides is 1. The van der Waals surface area contributed by atoms with Crippen LogP contribution in [-0.2, 0) is 16.6 Å². The molecule has 0 aliphatic carbocycles. The van der Waals surface area contributed by atoms with Crippen LogP contribution in [0.25, 0.3) is 0 Å². The predicted molar refractivity (Wildman–Crippen MR) is 133 cm³/mol. The number of amides is 1. The number of aromatic nitrogens is 1. The van der Waals surface area contributed by atoms with Gasteiger partial charge in [-0.05, 0) is 54.1 Å². The zero-order chi connectivity index (χ0) is 24.1. The minimum atomic E-state index is -3.95. The summed E-state index contributed by atoms with van der Waals surface area (Å²) in [7, 11) is -3.95. The number of nitrogens with one attached hydrogen (secondary N) is 2. The molecule has 1 heterocycles. The molecular formula is C25H20ClN3O4S. The van der Waals surface area contributed by atoms with Gasteiger partial charge in [0.2, 0.25) is 0 Å². The molecule has 0 radical (unpaired) electrons. The maximum absolute atomic E-state index is 12.8. The van der Waals surface area contributed by atoms with Gasteiger partial charge in [-0.2, -0.15) is 0 Å². The van der Waals surface area contributed by atoms with E-state index in [0.29, 0.717) is 12.2 Å². The van der Waals surface area contributed by atoms with Gasteiger partial charge < -0.3 is 9.88 Å². The summed E-state index contributed by atoms with van der Waals surface area (Å²) in [4.78, 5) is 24.5. The van der Waals surface area contributed by atoms with Crippen molar-refractivity contribution < 1.29 is 13.2 Å². The van der Waals surface area contributed by atoms with Gasteiger partial charge in [-0.3, -0.25) is 14.3 Å². The van der Waals surface area contributed by atoms with E-state index in [4.69, 9.17) is 11.6 Å². The van der Waals surface area contributed by atoms with Gasteiger partial charge in [-0.1, -0.05) is 48.0 Å². The molecule has 0 spiro atoms. The van der Waals surface area contributed by atoms with Gasteiger partial charge in [0.05, 0.1) is 22.2 Å². The average molecular weight is 494 g/mol. The molecule has 0 unspecified atom stereocenters. The minimum Gasteiger partial charge on any atom is -0.322 e. The first kappa shape index (κ1) is 23.3. The second kappa shape index (κ2) is 9.94. The van der Waals surface area contributed by atoms with Gasteiger partial charge in [0.15, 0.2) is 0 Å². The summed E-state index contributed by atoms with van der Waals surface area (Å²) < 4.78 is 29.6. The molecule has 7 nitrogen and oxygen atoms in total. The van der Waals surface area contributed by atoms with Gasteiger partial charge in [0, 0.05) is 23.5 Å².